The second kappa shape index (κ2) is 10.6. The second-order valence-electron chi connectivity index (χ2n) is 10.2. The molecule has 3 atom stereocenters. The van der Waals surface area contributed by atoms with Gasteiger partial charge in [-0.15, -0.1) is 0 Å². The predicted molar refractivity (Wildman–Crippen MR) is 138 cm³/mol. The lowest BCUT2D eigenvalue weighted by Crippen LogP contribution is -2.57. The smallest absolute Gasteiger partial charge is 0.321 e. The van der Waals surface area contributed by atoms with Gasteiger partial charge in [-0.2, -0.15) is 0 Å². The van der Waals surface area contributed by atoms with Gasteiger partial charge in [0.25, 0.3) is 0 Å². The van der Waals surface area contributed by atoms with Gasteiger partial charge in [0.05, 0.1) is 17.3 Å². The average Bonchev–Trinajstić information content (AvgIpc) is 3.57. The van der Waals surface area contributed by atoms with Crippen molar-refractivity contribution in [2.45, 2.75) is 37.0 Å². The Labute approximate surface area is 220 Å². The lowest BCUT2D eigenvalue weighted by molar-refractivity contribution is 0.0509. The Hall–Kier alpha value is -3.59. The van der Waals surface area contributed by atoms with Crippen molar-refractivity contribution >= 4 is 11.6 Å². The summed E-state index contributed by atoms with van der Waals surface area (Å²) >= 11 is 0. The zero-order valence-corrected chi connectivity index (χ0v) is 21.5. The Bertz CT molecular complexity index is 1300. The molecule has 2 aliphatic rings. The molecule has 3 heterocycles. The molecule has 38 heavy (non-hydrogen) atoms. The van der Waals surface area contributed by atoms with Crippen molar-refractivity contribution in [3.63, 3.8) is 0 Å². The van der Waals surface area contributed by atoms with E-state index in [1.165, 1.54) is 11.2 Å². The van der Waals surface area contributed by atoms with E-state index in [0.29, 0.717) is 37.1 Å². The fourth-order valence-electron chi connectivity index (χ4n) is 5.68. The van der Waals surface area contributed by atoms with E-state index in [4.69, 9.17) is 4.52 Å². The van der Waals surface area contributed by atoms with Gasteiger partial charge in [0.15, 0.2) is 0 Å². The maximum Gasteiger partial charge on any atom is 0.321 e. The normalized spacial score (nSPS) is 23.9. The van der Waals surface area contributed by atoms with Crippen LogP contribution in [0.3, 0.4) is 0 Å². The van der Waals surface area contributed by atoms with E-state index in [-0.39, 0.29) is 24.7 Å². The summed E-state index contributed by atoms with van der Waals surface area (Å²) in [6.45, 7) is 0.966. The molecule has 1 fully saturated rings. The third-order valence-corrected chi connectivity index (χ3v) is 7.76. The number of piperidine rings is 1. The molecule has 0 bridgehead atoms. The zero-order valence-electron chi connectivity index (χ0n) is 21.5. The van der Waals surface area contributed by atoms with Gasteiger partial charge in [0.1, 0.15) is 24.1 Å². The zero-order chi connectivity index (χ0) is 26.9. The molecule has 1 aromatic heterocycles. The van der Waals surface area contributed by atoms with Crippen LogP contribution in [0.4, 0.5) is 18.0 Å². The number of aromatic nitrogens is 1. The van der Waals surface area contributed by atoms with E-state index in [9.17, 15) is 13.6 Å². The van der Waals surface area contributed by atoms with E-state index < -0.39 is 29.4 Å². The molecule has 2 amide bonds. The number of hydrogen-bond donors (Lipinski definition) is 0. The molecular weight excluding hydrogens is 493 g/mol. The Kier molecular flexibility index (Phi) is 7.29. The fraction of sp³-hybridized carbons (Fsp3) is 0.379. The van der Waals surface area contributed by atoms with Crippen LogP contribution in [0.5, 0.6) is 0 Å². The molecule has 0 aliphatic carbocycles. The SMILES string of the molecule is CN1CCC(N(C)C(=O)N2CC(c3cc(F)ccc3F)=C[C@@]2(CCc2ccon2)c2ccccc2)C(F)C1. The summed E-state index contributed by atoms with van der Waals surface area (Å²) in [5.74, 6) is -1.14. The fourth-order valence-corrected chi connectivity index (χ4v) is 5.68. The highest BCUT2D eigenvalue weighted by atomic mass is 19.1. The third-order valence-electron chi connectivity index (χ3n) is 7.76. The van der Waals surface area contributed by atoms with Crippen molar-refractivity contribution in [1.29, 1.82) is 0 Å². The monoisotopic (exact) mass is 524 g/mol. The first-order valence-corrected chi connectivity index (χ1v) is 12.8. The molecule has 0 N–H and O–H groups in total. The Balaban J connectivity index is 1.59. The Morgan fingerprint density at radius 2 is 1.97 bits per heavy atom. The Morgan fingerprint density at radius 1 is 1.18 bits per heavy atom. The van der Waals surface area contributed by atoms with Crippen molar-refractivity contribution in [3.05, 3.63) is 95.4 Å². The molecule has 6 nitrogen and oxygen atoms in total. The number of hydrogen-bond acceptors (Lipinski definition) is 4. The van der Waals surface area contributed by atoms with Gasteiger partial charge in [-0.25, -0.2) is 18.0 Å². The molecule has 2 unspecified atom stereocenters. The minimum Gasteiger partial charge on any atom is -0.365 e. The number of benzene rings is 2. The summed E-state index contributed by atoms with van der Waals surface area (Å²) in [6.07, 6.45) is 3.53. The highest BCUT2D eigenvalue weighted by Gasteiger charge is 2.47. The summed E-state index contributed by atoms with van der Waals surface area (Å²) in [5.41, 5.74) is 1.12. The summed E-state index contributed by atoms with van der Waals surface area (Å²) in [7, 11) is 3.48. The van der Waals surface area contributed by atoms with Crippen LogP contribution < -0.4 is 0 Å². The number of amides is 2. The molecule has 1 saturated heterocycles. The first-order valence-electron chi connectivity index (χ1n) is 12.8. The molecule has 5 rings (SSSR count). The van der Waals surface area contributed by atoms with Crippen molar-refractivity contribution in [1.82, 2.24) is 19.9 Å². The molecule has 200 valence electrons. The first-order chi connectivity index (χ1) is 18.3. The number of rotatable bonds is 6. The van der Waals surface area contributed by atoms with Crippen molar-refractivity contribution in [2.75, 3.05) is 33.7 Å². The van der Waals surface area contributed by atoms with Crippen LogP contribution in [-0.2, 0) is 12.0 Å². The third kappa shape index (κ3) is 4.95. The van der Waals surface area contributed by atoms with E-state index in [0.717, 1.165) is 23.8 Å². The maximum atomic E-state index is 15.1. The van der Waals surface area contributed by atoms with Gasteiger partial charge >= 0.3 is 6.03 Å². The van der Waals surface area contributed by atoms with E-state index in [1.54, 1.807) is 18.0 Å². The molecule has 2 aromatic carbocycles. The predicted octanol–water partition coefficient (Wildman–Crippen LogP) is 5.27. The van der Waals surface area contributed by atoms with Crippen molar-refractivity contribution in [2.24, 2.45) is 0 Å². The maximum absolute atomic E-state index is 15.1. The summed E-state index contributed by atoms with van der Waals surface area (Å²) in [5, 5.41) is 4.03. The molecule has 2 aliphatic heterocycles. The number of aryl methyl sites for hydroxylation is 1. The van der Waals surface area contributed by atoms with Crippen LogP contribution in [0.2, 0.25) is 0 Å². The van der Waals surface area contributed by atoms with Crippen LogP contribution in [-0.4, -0.2) is 71.8 Å². The minimum absolute atomic E-state index is 0.0425. The van der Waals surface area contributed by atoms with Gasteiger partial charge in [0.2, 0.25) is 0 Å². The minimum atomic E-state index is -1.19. The summed E-state index contributed by atoms with van der Waals surface area (Å²) < 4.78 is 49.3. The number of carbonyl (C=O) groups is 1. The molecule has 0 saturated carbocycles. The average molecular weight is 525 g/mol. The van der Waals surface area contributed by atoms with Crippen LogP contribution in [0.1, 0.15) is 29.7 Å². The van der Waals surface area contributed by atoms with Gasteiger partial charge in [-0.05, 0) is 61.7 Å². The highest BCUT2D eigenvalue weighted by Crippen LogP contribution is 2.44. The molecule has 0 spiro atoms. The lowest BCUT2D eigenvalue weighted by Gasteiger charge is -2.44. The number of urea groups is 1. The molecule has 0 radical (unpaired) electrons. The van der Waals surface area contributed by atoms with Gasteiger partial charge in [-0.1, -0.05) is 35.5 Å². The first kappa shape index (κ1) is 26.0. The Morgan fingerprint density at radius 3 is 2.68 bits per heavy atom. The van der Waals surface area contributed by atoms with E-state index in [2.05, 4.69) is 5.16 Å². The number of carbonyl (C=O) groups excluding carboxylic acids is 1. The molecule has 9 heteroatoms. The number of alkyl halides is 1. The van der Waals surface area contributed by atoms with E-state index >= 15 is 4.39 Å². The number of likely N-dealkylation sites (tertiary alicyclic amines) is 1. The van der Waals surface area contributed by atoms with Gasteiger partial charge in [-0.3, -0.25) is 0 Å². The van der Waals surface area contributed by atoms with Gasteiger partial charge in [0, 0.05) is 38.3 Å². The molecular formula is C29H31F3N4O2. The van der Waals surface area contributed by atoms with E-state index in [1.807, 2.05) is 48.4 Å². The van der Waals surface area contributed by atoms with Gasteiger partial charge < -0.3 is 19.2 Å². The molecule has 3 aromatic rings. The summed E-state index contributed by atoms with van der Waals surface area (Å²) in [6, 6.07) is 13.6. The van der Waals surface area contributed by atoms with Crippen LogP contribution in [0, 0.1) is 11.6 Å². The van der Waals surface area contributed by atoms with Crippen LogP contribution in [0.25, 0.3) is 5.57 Å². The topological polar surface area (TPSA) is 52.8 Å². The van der Waals surface area contributed by atoms with Crippen molar-refractivity contribution in [3.8, 4) is 0 Å². The lowest BCUT2D eigenvalue weighted by atomic mass is 9.83. The largest absolute Gasteiger partial charge is 0.365 e. The number of halogens is 3. The quantitative estimate of drug-likeness (QED) is 0.441. The van der Waals surface area contributed by atoms with Crippen LogP contribution >= 0.6 is 0 Å². The highest BCUT2D eigenvalue weighted by molar-refractivity contribution is 5.83. The summed E-state index contributed by atoms with van der Waals surface area (Å²) in [4.78, 5) is 19.2. The van der Waals surface area contributed by atoms with Crippen LogP contribution in [0.15, 0.2) is 71.5 Å². The van der Waals surface area contributed by atoms with Crippen molar-refractivity contribution < 1.29 is 22.5 Å². The standard InChI is InChI=1S/C29H31F3N4O2/c1-34-14-11-27(26(32)19-34)35(2)28(37)36-18-20(24-16-22(30)8-9-25(24)31)17-29(36,21-6-4-3-5-7-21)13-10-23-12-15-38-33-23/h3-9,12,15-17,26-27H,10-11,13-14,18-19H2,1-2H3/t26?,27?,29-/m0/s1. The second-order valence-corrected chi connectivity index (χ2v) is 10.2. The number of nitrogens with zero attached hydrogens (tertiary/aromatic N) is 4.